The Hall–Kier alpha value is -1.29. The predicted octanol–water partition coefficient (Wildman–Crippen LogP) is 1.52. The molecule has 0 aliphatic carbocycles. The van der Waals surface area contributed by atoms with Crippen LogP contribution in [-0.2, 0) is 11.3 Å². The van der Waals surface area contributed by atoms with Gasteiger partial charge in [-0.3, -0.25) is 4.79 Å². The van der Waals surface area contributed by atoms with Gasteiger partial charge in [-0.05, 0) is 25.5 Å². The summed E-state index contributed by atoms with van der Waals surface area (Å²) in [5, 5.41) is 0. The maximum Gasteiger partial charge on any atom is 0.224 e. The van der Waals surface area contributed by atoms with Crippen LogP contribution in [0.3, 0.4) is 0 Å². The third-order valence-corrected chi connectivity index (χ3v) is 3.44. The molecule has 2 rings (SSSR count). The molecule has 0 aromatic carbocycles. The van der Waals surface area contributed by atoms with E-state index in [0.29, 0.717) is 6.42 Å². The number of hydrogen-bond donors (Lipinski definition) is 1. The van der Waals surface area contributed by atoms with Crippen molar-refractivity contribution in [3.05, 3.63) is 24.0 Å². The first-order chi connectivity index (χ1) is 8.19. The molecule has 0 spiro atoms. The molecule has 1 fully saturated rings. The van der Waals surface area contributed by atoms with Gasteiger partial charge in [0.25, 0.3) is 0 Å². The second kappa shape index (κ2) is 4.92. The van der Waals surface area contributed by atoms with E-state index in [1.54, 1.807) is 0 Å². The molecule has 2 heterocycles. The van der Waals surface area contributed by atoms with Crippen LogP contribution in [0.2, 0.25) is 0 Å². The third-order valence-electron chi connectivity index (χ3n) is 3.44. The molecule has 1 saturated heterocycles. The van der Waals surface area contributed by atoms with E-state index in [1.165, 1.54) is 5.69 Å². The first kappa shape index (κ1) is 12.2. The standard InChI is InChI=1S/C13H21N3O/c1-3-7-15-8-5-6-11(15)13-10(14)9-12(17)16(13)4-2/h5-6,8,10,13H,3-4,7,9,14H2,1-2H3/t10-,13-/m1/s1. The van der Waals surface area contributed by atoms with Crippen LogP contribution in [-0.4, -0.2) is 28.0 Å². The van der Waals surface area contributed by atoms with E-state index in [2.05, 4.69) is 23.8 Å². The third kappa shape index (κ3) is 2.09. The Morgan fingerprint density at radius 2 is 2.24 bits per heavy atom. The van der Waals surface area contributed by atoms with Gasteiger partial charge in [0.1, 0.15) is 0 Å². The van der Waals surface area contributed by atoms with Crippen LogP contribution in [0.4, 0.5) is 0 Å². The average Bonchev–Trinajstić information content (AvgIpc) is 2.83. The Morgan fingerprint density at radius 3 is 2.88 bits per heavy atom. The van der Waals surface area contributed by atoms with Crippen molar-refractivity contribution in [2.24, 2.45) is 5.73 Å². The smallest absolute Gasteiger partial charge is 0.224 e. The van der Waals surface area contributed by atoms with Crippen molar-refractivity contribution >= 4 is 5.91 Å². The number of likely N-dealkylation sites (N-methyl/N-ethyl adjacent to an activating group) is 1. The van der Waals surface area contributed by atoms with Gasteiger partial charge in [-0.25, -0.2) is 0 Å². The Kier molecular flexibility index (Phi) is 3.52. The van der Waals surface area contributed by atoms with Crippen LogP contribution < -0.4 is 5.73 Å². The van der Waals surface area contributed by atoms with Crippen molar-refractivity contribution in [2.45, 2.75) is 45.3 Å². The maximum atomic E-state index is 11.8. The van der Waals surface area contributed by atoms with Crippen molar-refractivity contribution in [1.82, 2.24) is 9.47 Å². The number of carbonyl (C=O) groups is 1. The molecule has 0 unspecified atom stereocenters. The molecular weight excluding hydrogens is 214 g/mol. The Labute approximate surface area is 102 Å². The number of rotatable bonds is 4. The Morgan fingerprint density at radius 1 is 1.47 bits per heavy atom. The van der Waals surface area contributed by atoms with Crippen molar-refractivity contribution in [2.75, 3.05) is 6.54 Å². The van der Waals surface area contributed by atoms with Crippen molar-refractivity contribution < 1.29 is 4.79 Å². The summed E-state index contributed by atoms with van der Waals surface area (Å²) in [6.07, 6.45) is 3.63. The lowest BCUT2D eigenvalue weighted by Crippen LogP contribution is -2.34. The monoisotopic (exact) mass is 235 g/mol. The van der Waals surface area contributed by atoms with E-state index in [1.807, 2.05) is 17.9 Å². The molecule has 1 amide bonds. The van der Waals surface area contributed by atoms with Gasteiger partial charge in [0.05, 0.1) is 6.04 Å². The molecule has 17 heavy (non-hydrogen) atoms. The molecule has 1 aliphatic heterocycles. The molecule has 4 nitrogen and oxygen atoms in total. The average molecular weight is 235 g/mol. The van der Waals surface area contributed by atoms with Crippen molar-refractivity contribution in [3.63, 3.8) is 0 Å². The number of nitrogens with two attached hydrogens (primary N) is 1. The van der Waals surface area contributed by atoms with E-state index in [-0.39, 0.29) is 18.0 Å². The molecule has 1 aliphatic rings. The first-order valence-electron chi connectivity index (χ1n) is 6.39. The number of nitrogens with zero attached hydrogens (tertiary/aromatic N) is 2. The second-order valence-electron chi connectivity index (χ2n) is 4.62. The molecule has 4 heteroatoms. The molecule has 0 saturated carbocycles. The maximum absolute atomic E-state index is 11.8. The Balaban J connectivity index is 2.30. The number of hydrogen-bond acceptors (Lipinski definition) is 2. The van der Waals surface area contributed by atoms with E-state index in [0.717, 1.165) is 19.5 Å². The minimum absolute atomic E-state index is 0.0500. The number of aromatic nitrogens is 1. The molecular formula is C13H21N3O. The lowest BCUT2D eigenvalue weighted by atomic mass is 10.1. The molecule has 2 atom stereocenters. The highest BCUT2D eigenvalue weighted by Gasteiger charge is 2.38. The number of carbonyl (C=O) groups excluding carboxylic acids is 1. The van der Waals surface area contributed by atoms with Crippen LogP contribution in [0.15, 0.2) is 18.3 Å². The molecule has 1 aromatic rings. The summed E-state index contributed by atoms with van der Waals surface area (Å²) in [4.78, 5) is 13.7. The van der Waals surface area contributed by atoms with Gasteiger partial charge in [-0.15, -0.1) is 0 Å². The van der Waals surface area contributed by atoms with Gasteiger partial charge in [0.15, 0.2) is 0 Å². The minimum Gasteiger partial charge on any atom is -0.350 e. The molecule has 0 bridgehead atoms. The quantitative estimate of drug-likeness (QED) is 0.860. The fourth-order valence-electron chi connectivity index (χ4n) is 2.71. The molecule has 94 valence electrons. The molecule has 2 N–H and O–H groups in total. The zero-order chi connectivity index (χ0) is 12.4. The fraction of sp³-hybridized carbons (Fsp3) is 0.615. The summed E-state index contributed by atoms with van der Waals surface area (Å²) in [5.74, 6) is 0.175. The summed E-state index contributed by atoms with van der Waals surface area (Å²) in [5.41, 5.74) is 7.29. The van der Waals surface area contributed by atoms with Crippen LogP contribution in [0.5, 0.6) is 0 Å². The van der Waals surface area contributed by atoms with Crippen molar-refractivity contribution in [1.29, 1.82) is 0 Å². The zero-order valence-electron chi connectivity index (χ0n) is 10.6. The lowest BCUT2D eigenvalue weighted by molar-refractivity contribution is -0.128. The van der Waals surface area contributed by atoms with Gasteiger partial charge in [-0.1, -0.05) is 6.92 Å². The normalized spacial score (nSPS) is 24.6. The molecule has 0 radical (unpaired) electrons. The van der Waals surface area contributed by atoms with Crippen molar-refractivity contribution in [3.8, 4) is 0 Å². The van der Waals surface area contributed by atoms with Gasteiger partial charge >= 0.3 is 0 Å². The SMILES string of the molecule is CCCn1cccc1[C@H]1[C@H](N)CC(=O)N1CC. The minimum atomic E-state index is -0.0760. The Bertz CT molecular complexity index is 399. The highest BCUT2D eigenvalue weighted by atomic mass is 16.2. The lowest BCUT2D eigenvalue weighted by Gasteiger charge is -2.27. The number of aryl methyl sites for hydroxylation is 1. The predicted molar refractivity (Wildman–Crippen MR) is 67.4 cm³/mol. The van der Waals surface area contributed by atoms with E-state index in [4.69, 9.17) is 5.73 Å². The topological polar surface area (TPSA) is 51.3 Å². The summed E-state index contributed by atoms with van der Waals surface area (Å²) in [7, 11) is 0. The summed E-state index contributed by atoms with van der Waals surface area (Å²) < 4.78 is 2.21. The van der Waals surface area contributed by atoms with Crippen LogP contribution in [0.1, 0.15) is 38.4 Å². The van der Waals surface area contributed by atoms with E-state index >= 15 is 0 Å². The van der Waals surface area contributed by atoms with E-state index < -0.39 is 0 Å². The summed E-state index contributed by atoms with van der Waals surface area (Å²) in [6, 6.07) is 4.09. The van der Waals surface area contributed by atoms with Gasteiger partial charge in [0, 0.05) is 37.4 Å². The van der Waals surface area contributed by atoms with Crippen LogP contribution >= 0.6 is 0 Å². The second-order valence-corrected chi connectivity index (χ2v) is 4.62. The van der Waals surface area contributed by atoms with Crippen LogP contribution in [0.25, 0.3) is 0 Å². The van der Waals surface area contributed by atoms with Crippen LogP contribution in [0, 0.1) is 0 Å². The largest absolute Gasteiger partial charge is 0.350 e. The highest BCUT2D eigenvalue weighted by Crippen LogP contribution is 2.32. The number of amides is 1. The first-order valence-corrected chi connectivity index (χ1v) is 6.39. The number of likely N-dealkylation sites (tertiary alicyclic amines) is 1. The van der Waals surface area contributed by atoms with Gasteiger partial charge in [0.2, 0.25) is 5.91 Å². The van der Waals surface area contributed by atoms with Gasteiger partial charge < -0.3 is 15.2 Å². The zero-order valence-corrected chi connectivity index (χ0v) is 10.6. The highest BCUT2D eigenvalue weighted by molar-refractivity contribution is 5.80. The van der Waals surface area contributed by atoms with Gasteiger partial charge in [-0.2, -0.15) is 0 Å². The van der Waals surface area contributed by atoms with E-state index in [9.17, 15) is 4.79 Å². The molecule has 1 aromatic heterocycles. The summed E-state index contributed by atoms with van der Waals surface area (Å²) in [6.45, 7) is 5.88. The summed E-state index contributed by atoms with van der Waals surface area (Å²) >= 11 is 0. The fourth-order valence-corrected chi connectivity index (χ4v) is 2.71.